The van der Waals surface area contributed by atoms with Crippen molar-refractivity contribution in [3.8, 4) is 6.07 Å². The molecule has 2 aromatic rings. The highest BCUT2D eigenvalue weighted by atomic mass is 32.2. The SMILES string of the molecule is C=CCNC(=O)COC(=O)c1ccccc1SCc1ccc(C#N)cc1. The minimum absolute atomic E-state index is 0.327. The third kappa shape index (κ3) is 5.80. The Morgan fingerprint density at radius 1 is 1.19 bits per heavy atom. The molecule has 0 spiro atoms. The van der Waals surface area contributed by atoms with Gasteiger partial charge >= 0.3 is 5.97 Å². The first-order valence-electron chi connectivity index (χ1n) is 7.89. The Bertz CT molecular complexity index is 826. The number of thioether (sulfide) groups is 1. The average molecular weight is 366 g/mol. The van der Waals surface area contributed by atoms with Gasteiger partial charge in [-0.25, -0.2) is 4.79 Å². The zero-order chi connectivity index (χ0) is 18.8. The van der Waals surface area contributed by atoms with Gasteiger partial charge in [-0.3, -0.25) is 4.79 Å². The number of carbonyl (C=O) groups excluding carboxylic acids is 2. The summed E-state index contributed by atoms with van der Waals surface area (Å²) in [5, 5.41) is 11.4. The van der Waals surface area contributed by atoms with Crippen LogP contribution >= 0.6 is 11.8 Å². The number of nitriles is 1. The number of hydrogen-bond donors (Lipinski definition) is 1. The summed E-state index contributed by atoms with van der Waals surface area (Å²) in [6, 6.07) is 16.5. The highest BCUT2D eigenvalue weighted by Crippen LogP contribution is 2.27. The first-order chi connectivity index (χ1) is 12.6. The van der Waals surface area contributed by atoms with E-state index in [1.54, 1.807) is 30.3 Å². The summed E-state index contributed by atoms with van der Waals surface area (Å²) in [5.74, 6) is -0.266. The molecule has 1 N–H and O–H groups in total. The third-order valence-electron chi connectivity index (χ3n) is 3.36. The highest BCUT2D eigenvalue weighted by Gasteiger charge is 2.14. The van der Waals surface area contributed by atoms with Gasteiger partial charge in [-0.1, -0.05) is 30.3 Å². The molecule has 1 amide bonds. The fourth-order valence-electron chi connectivity index (χ4n) is 2.04. The van der Waals surface area contributed by atoms with Gasteiger partial charge in [-0.05, 0) is 29.8 Å². The Morgan fingerprint density at radius 2 is 1.92 bits per heavy atom. The molecule has 0 heterocycles. The van der Waals surface area contributed by atoms with Gasteiger partial charge in [0.2, 0.25) is 0 Å². The van der Waals surface area contributed by atoms with E-state index in [9.17, 15) is 9.59 Å². The van der Waals surface area contributed by atoms with Crippen molar-refractivity contribution in [2.45, 2.75) is 10.6 Å². The van der Waals surface area contributed by atoms with E-state index in [1.807, 2.05) is 24.3 Å². The van der Waals surface area contributed by atoms with Gasteiger partial charge in [0.1, 0.15) is 0 Å². The molecule has 5 nitrogen and oxygen atoms in total. The van der Waals surface area contributed by atoms with Crippen LogP contribution in [0.3, 0.4) is 0 Å². The van der Waals surface area contributed by atoms with Crippen LogP contribution in [-0.2, 0) is 15.3 Å². The molecule has 26 heavy (non-hydrogen) atoms. The van der Waals surface area contributed by atoms with Crippen LogP contribution in [0, 0.1) is 11.3 Å². The van der Waals surface area contributed by atoms with Gasteiger partial charge in [0.25, 0.3) is 5.91 Å². The molecule has 2 rings (SSSR count). The Morgan fingerprint density at radius 3 is 2.62 bits per heavy atom. The molecule has 0 unspecified atom stereocenters. The molecule has 0 saturated heterocycles. The fourth-order valence-corrected chi connectivity index (χ4v) is 3.04. The number of ether oxygens (including phenoxy) is 1. The molecule has 0 aliphatic carbocycles. The van der Waals surface area contributed by atoms with Crippen molar-refractivity contribution < 1.29 is 14.3 Å². The van der Waals surface area contributed by atoms with Crippen molar-refractivity contribution in [2.75, 3.05) is 13.2 Å². The van der Waals surface area contributed by atoms with E-state index >= 15 is 0 Å². The van der Waals surface area contributed by atoms with E-state index in [1.165, 1.54) is 11.8 Å². The summed E-state index contributed by atoms with van der Waals surface area (Å²) in [6.45, 7) is 3.50. The molecule has 0 fully saturated rings. The Balaban J connectivity index is 1.97. The van der Waals surface area contributed by atoms with Crippen molar-refractivity contribution in [3.05, 3.63) is 77.9 Å². The zero-order valence-corrected chi connectivity index (χ0v) is 14.9. The molecular weight excluding hydrogens is 348 g/mol. The summed E-state index contributed by atoms with van der Waals surface area (Å²) in [4.78, 5) is 24.6. The molecule has 6 heteroatoms. The van der Waals surface area contributed by atoms with Crippen molar-refractivity contribution >= 4 is 23.6 Å². The zero-order valence-electron chi connectivity index (χ0n) is 14.1. The normalized spacial score (nSPS) is 9.81. The summed E-state index contributed by atoms with van der Waals surface area (Å²) in [5.41, 5.74) is 2.07. The predicted octanol–water partition coefficient (Wildman–Crippen LogP) is 3.31. The van der Waals surface area contributed by atoms with Gasteiger partial charge in [0.15, 0.2) is 6.61 Å². The number of nitrogens with one attached hydrogen (secondary N) is 1. The van der Waals surface area contributed by atoms with Gasteiger partial charge in [0.05, 0.1) is 17.2 Å². The monoisotopic (exact) mass is 366 g/mol. The molecule has 0 aliphatic rings. The van der Waals surface area contributed by atoms with Gasteiger partial charge in [-0.2, -0.15) is 5.26 Å². The maximum atomic E-state index is 12.3. The fraction of sp³-hybridized carbons (Fsp3) is 0.150. The lowest BCUT2D eigenvalue weighted by molar-refractivity contribution is -0.124. The van der Waals surface area contributed by atoms with Crippen LogP contribution in [0.25, 0.3) is 0 Å². The first kappa shape index (κ1) is 19.3. The quantitative estimate of drug-likeness (QED) is 0.440. The standard InChI is InChI=1S/C20H18N2O3S/c1-2-11-22-19(23)13-25-20(24)17-5-3-4-6-18(17)26-14-16-9-7-15(12-21)8-10-16/h2-10H,1,11,13-14H2,(H,22,23). The second-order valence-electron chi connectivity index (χ2n) is 5.26. The molecular formula is C20H18N2O3S. The molecule has 0 saturated carbocycles. The summed E-state index contributed by atoms with van der Waals surface area (Å²) in [6.07, 6.45) is 1.55. The first-order valence-corrected chi connectivity index (χ1v) is 8.88. The summed E-state index contributed by atoms with van der Waals surface area (Å²) in [7, 11) is 0. The van der Waals surface area contributed by atoms with E-state index < -0.39 is 5.97 Å². The highest BCUT2D eigenvalue weighted by molar-refractivity contribution is 7.98. The van der Waals surface area contributed by atoms with E-state index in [-0.39, 0.29) is 12.5 Å². The van der Waals surface area contributed by atoms with E-state index in [0.717, 1.165) is 10.5 Å². The predicted molar refractivity (Wildman–Crippen MR) is 101 cm³/mol. The third-order valence-corrected chi connectivity index (χ3v) is 4.51. The number of carbonyl (C=O) groups is 2. The number of benzene rings is 2. The summed E-state index contributed by atoms with van der Waals surface area (Å²) >= 11 is 1.49. The van der Waals surface area contributed by atoms with Crippen LogP contribution < -0.4 is 5.32 Å². The van der Waals surface area contributed by atoms with Crippen LogP contribution in [0.5, 0.6) is 0 Å². The molecule has 2 aromatic carbocycles. The number of nitrogens with zero attached hydrogens (tertiary/aromatic N) is 1. The van der Waals surface area contributed by atoms with E-state index in [4.69, 9.17) is 10.00 Å². The smallest absolute Gasteiger partial charge is 0.339 e. The van der Waals surface area contributed by atoms with Gasteiger partial charge in [0, 0.05) is 17.2 Å². The number of hydrogen-bond acceptors (Lipinski definition) is 5. The van der Waals surface area contributed by atoms with Crippen molar-refractivity contribution in [2.24, 2.45) is 0 Å². The average Bonchev–Trinajstić information content (AvgIpc) is 2.69. The summed E-state index contributed by atoms with van der Waals surface area (Å²) < 4.78 is 5.08. The van der Waals surface area contributed by atoms with Crippen molar-refractivity contribution in [3.63, 3.8) is 0 Å². The number of esters is 1. The molecule has 132 valence electrons. The molecule has 0 radical (unpaired) electrons. The van der Waals surface area contributed by atoms with Crippen molar-refractivity contribution in [1.29, 1.82) is 5.26 Å². The second kappa shape index (κ2) is 10.1. The Kier molecular flexibility index (Phi) is 7.47. The maximum absolute atomic E-state index is 12.3. The Hall–Kier alpha value is -3.04. The van der Waals surface area contributed by atoms with E-state index in [0.29, 0.717) is 23.4 Å². The lowest BCUT2D eigenvalue weighted by Gasteiger charge is -2.09. The van der Waals surface area contributed by atoms with Crippen LogP contribution in [-0.4, -0.2) is 25.0 Å². The maximum Gasteiger partial charge on any atom is 0.339 e. The van der Waals surface area contributed by atoms with Crippen LogP contribution in [0.15, 0.2) is 66.1 Å². The molecule has 0 aliphatic heterocycles. The minimum atomic E-state index is -0.540. The van der Waals surface area contributed by atoms with E-state index in [2.05, 4.69) is 18.0 Å². The molecule has 0 aromatic heterocycles. The largest absolute Gasteiger partial charge is 0.452 e. The number of rotatable bonds is 8. The lowest BCUT2D eigenvalue weighted by atomic mass is 10.2. The topological polar surface area (TPSA) is 79.2 Å². The Labute approximate surface area is 156 Å². The van der Waals surface area contributed by atoms with Crippen LogP contribution in [0.2, 0.25) is 0 Å². The van der Waals surface area contributed by atoms with Crippen LogP contribution in [0.1, 0.15) is 21.5 Å². The lowest BCUT2D eigenvalue weighted by Crippen LogP contribution is -2.28. The number of amides is 1. The van der Waals surface area contributed by atoms with Gasteiger partial charge < -0.3 is 10.1 Å². The molecule has 0 atom stereocenters. The second-order valence-corrected chi connectivity index (χ2v) is 6.28. The minimum Gasteiger partial charge on any atom is -0.452 e. The molecule has 0 bridgehead atoms. The van der Waals surface area contributed by atoms with Crippen molar-refractivity contribution in [1.82, 2.24) is 5.32 Å². The van der Waals surface area contributed by atoms with Gasteiger partial charge in [-0.15, -0.1) is 18.3 Å². The van der Waals surface area contributed by atoms with Crippen LogP contribution in [0.4, 0.5) is 0 Å².